The van der Waals surface area contributed by atoms with Crippen molar-refractivity contribution in [1.29, 1.82) is 0 Å². The summed E-state index contributed by atoms with van der Waals surface area (Å²) < 4.78 is 34.6. The smallest absolute Gasteiger partial charge is 0.299 e. The predicted octanol–water partition coefficient (Wildman–Crippen LogP) is 7.47. The first-order valence-electron chi connectivity index (χ1n) is 20.8. The monoisotopic (exact) mass is 858 g/mol. The van der Waals surface area contributed by atoms with Crippen molar-refractivity contribution in [2.24, 2.45) is 5.73 Å². The van der Waals surface area contributed by atoms with Crippen LogP contribution in [-0.2, 0) is 25.0 Å². The third-order valence-electron chi connectivity index (χ3n) is 10.2. The molecular formula is C45H68F2N6O6S. The summed E-state index contributed by atoms with van der Waals surface area (Å²) in [6, 6.07) is 10.5. The number of carbonyl (C=O) groups excluding carboxylic acids is 3. The van der Waals surface area contributed by atoms with Crippen LogP contribution in [-0.4, -0.2) is 96.4 Å². The molecule has 12 nitrogen and oxygen atoms in total. The number of unbranched alkanes of at least 4 members (excludes halogenated alkanes) is 3. The maximum Gasteiger partial charge on any atom is 0.299 e. The Hall–Kier alpha value is -4.28. The maximum absolute atomic E-state index is 14.9. The number of hydrogen-bond donors (Lipinski definition) is 7. The van der Waals surface area contributed by atoms with E-state index in [1.165, 1.54) is 37.8 Å². The molecule has 3 unspecified atom stereocenters. The number of thioether (sulfide) groups is 1. The standard InChI is InChI=1S/C31H34F2N4O2S.C11H24N2O2.C3H8.H2O2/c1-17-9-12-27(30(39)36-20(4)28-14-22(16-40-28)18(2)34)37(17)29(38)15-35-19(3)21-10-11-26-24(13-21)23-7-5-6-8-25(23)31(26,32)33;1-3-4-5-6-7-12-10-11(14)13-8-9-15-2;1-3-2;1-2/h5-8,10-11,13,16-17,20,27-28,35H,2-3,9,12,14-15,34H2,1,4H3,(H,36,39);12H,3-10H2,1-2H3,(H,13,14);3H2,1-2H3;1-2H/t17?,20-,27?,28?;;;/m1.../s1. The van der Waals surface area contributed by atoms with Crippen molar-refractivity contribution >= 4 is 35.2 Å². The number of allylic oxidation sites excluding steroid dienone is 1. The first kappa shape index (κ1) is 51.9. The third kappa shape index (κ3) is 15.0. The molecule has 0 bridgehead atoms. The highest BCUT2D eigenvalue weighted by Crippen LogP contribution is 2.51. The van der Waals surface area contributed by atoms with Gasteiger partial charge in [-0.25, -0.2) is 0 Å². The van der Waals surface area contributed by atoms with Crippen LogP contribution < -0.4 is 27.0 Å². The second-order valence-electron chi connectivity index (χ2n) is 15.1. The lowest BCUT2D eigenvalue weighted by molar-refractivity contribution is -0.176. The average molecular weight is 859 g/mol. The van der Waals surface area contributed by atoms with E-state index in [1.54, 1.807) is 54.1 Å². The molecule has 0 radical (unpaired) electrons. The summed E-state index contributed by atoms with van der Waals surface area (Å²) in [5.74, 6) is -3.39. The summed E-state index contributed by atoms with van der Waals surface area (Å²) in [5.41, 5.74) is 9.35. The van der Waals surface area contributed by atoms with Crippen molar-refractivity contribution in [3.05, 3.63) is 89.0 Å². The fourth-order valence-electron chi connectivity index (χ4n) is 7.03. The van der Waals surface area contributed by atoms with E-state index >= 15 is 0 Å². The summed E-state index contributed by atoms with van der Waals surface area (Å²) >= 11 is 1.63. The number of ether oxygens (including phenoxy) is 1. The van der Waals surface area contributed by atoms with E-state index in [0.717, 1.165) is 31.4 Å². The number of benzene rings is 2. The molecule has 5 rings (SSSR count). The topological polar surface area (TPSA) is 178 Å². The molecule has 1 aliphatic carbocycles. The van der Waals surface area contributed by atoms with Gasteiger partial charge in [-0.1, -0.05) is 96.0 Å². The molecule has 0 saturated carbocycles. The van der Waals surface area contributed by atoms with Gasteiger partial charge in [0, 0.05) is 53.5 Å². The number of hydrogen-bond acceptors (Lipinski definition) is 10. The molecule has 1 fully saturated rings. The average Bonchev–Trinajstić information content (AvgIpc) is 3.95. The van der Waals surface area contributed by atoms with Crippen LogP contribution in [0.4, 0.5) is 8.78 Å². The van der Waals surface area contributed by atoms with E-state index in [2.05, 4.69) is 55.2 Å². The number of rotatable bonds is 18. The molecule has 2 aliphatic heterocycles. The van der Waals surface area contributed by atoms with Crippen LogP contribution in [0.25, 0.3) is 16.8 Å². The summed E-state index contributed by atoms with van der Waals surface area (Å²) in [7, 11) is 1.62. The lowest BCUT2D eigenvalue weighted by atomic mass is 10.0. The minimum atomic E-state index is -3.05. The molecule has 334 valence electrons. The van der Waals surface area contributed by atoms with E-state index in [4.69, 9.17) is 21.0 Å². The Morgan fingerprint density at radius 1 is 0.983 bits per heavy atom. The van der Waals surface area contributed by atoms with Gasteiger partial charge in [0.15, 0.2) is 0 Å². The first-order chi connectivity index (χ1) is 28.7. The largest absolute Gasteiger partial charge is 0.399 e. The second-order valence-corrected chi connectivity index (χ2v) is 16.2. The van der Waals surface area contributed by atoms with E-state index < -0.39 is 12.0 Å². The van der Waals surface area contributed by atoms with Crippen molar-refractivity contribution in [1.82, 2.24) is 26.2 Å². The van der Waals surface area contributed by atoms with Gasteiger partial charge in [0.25, 0.3) is 5.92 Å². The SMILES string of the molecule is C=C(N)C1=CSC([C@@H](C)NC(=O)C2CCC(C)N2C(=O)CNC(=C)c2ccc3c(c2)-c2ccccc2C3(F)F)C1.CCC.CCCCCCNCC(=O)NCCOC.OO. The van der Waals surface area contributed by atoms with Crippen LogP contribution in [0.15, 0.2) is 72.3 Å². The minimum absolute atomic E-state index is 0.00868. The summed E-state index contributed by atoms with van der Waals surface area (Å²) in [5, 5.41) is 26.2. The molecule has 4 atom stereocenters. The summed E-state index contributed by atoms with van der Waals surface area (Å²) in [4.78, 5) is 39.4. The molecule has 0 aromatic heterocycles. The van der Waals surface area contributed by atoms with Gasteiger partial charge in [-0.2, -0.15) is 8.78 Å². The van der Waals surface area contributed by atoms with Gasteiger partial charge < -0.3 is 36.6 Å². The van der Waals surface area contributed by atoms with Crippen molar-refractivity contribution < 1.29 is 38.4 Å². The number of nitrogens with one attached hydrogen (secondary N) is 4. The normalized spacial score (nSPS) is 18.4. The zero-order valence-corrected chi connectivity index (χ0v) is 37.1. The lowest BCUT2D eigenvalue weighted by Gasteiger charge is -2.30. The molecule has 0 spiro atoms. The number of alkyl halides is 2. The first-order valence-corrected chi connectivity index (χ1v) is 21.8. The molecule has 3 aliphatic rings. The lowest BCUT2D eigenvalue weighted by Crippen LogP contribution is -2.53. The van der Waals surface area contributed by atoms with E-state index in [-0.39, 0.29) is 52.7 Å². The molecule has 2 heterocycles. The Balaban J connectivity index is 0.000000521. The fourth-order valence-corrected chi connectivity index (χ4v) is 8.20. The van der Waals surface area contributed by atoms with E-state index in [1.807, 2.05) is 19.3 Å². The van der Waals surface area contributed by atoms with Gasteiger partial charge in [0.1, 0.15) is 6.04 Å². The highest BCUT2D eigenvalue weighted by atomic mass is 32.2. The highest BCUT2D eigenvalue weighted by molar-refractivity contribution is 8.03. The van der Waals surface area contributed by atoms with Crippen molar-refractivity contribution in [2.45, 2.75) is 115 Å². The van der Waals surface area contributed by atoms with Crippen LogP contribution in [0.1, 0.15) is 103 Å². The maximum atomic E-state index is 14.9. The van der Waals surface area contributed by atoms with Crippen LogP contribution >= 0.6 is 11.8 Å². The zero-order valence-electron chi connectivity index (χ0n) is 36.3. The molecule has 8 N–H and O–H groups in total. The Kier molecular flexibility index (Phi) is 23.2. The van der Waals surface area contributed by atoms with Gasteiger partial charge >= 0.3 is 0 Å². The number of nitrogens with two attached hydrogens (primary N) is 1. The number of carbonyl (C=O) groups is 3. The number of nitrogens with zero attached hydrogens (tertiary/aromatic N) is 1. The molecule has 60 heavy (non-hydrogen) atoms. The van der Waals surface area contributed by atoms with Crippen molar-refractivity contribution in [3.8, 4) is 11.1 Å². The minimum Gasteiger partial charge on any atom is -0.399 e. The van der Waals surface area contributed by atoms with Crippen molar-refractivity contribution in [2.75, 3.05) is 39.9 Å². The predicted molar refractivity (Wildman–Crippen MR) is 239 cm³/mol. The zero-order chi connectivity index (χ0) is 44.8. The molecule has 3 amide bonds. The quantitative estimate of drug-likeness (QED) is 0.0452. The van der Waals surface area contributed by atoms with Gasteiger partial charge in [-0.15, -0.1) is 11.8 Å². The fraction of sp³-hybridized carbons (Fsp3) is 0.533. The molecule has 15 heteroatoms. The number of amides is 3. The Bertz CT molecular complexity index is 1740. The second kappa shape index (κ2) is 26.8. The third-order valence-corrected chi connectivity index (χ3v) is 11.6. The van der Waals surface area contributed by atoms with Gasteiger partial charge in [-0.3, -0.25) is 24.9 Å². The van der Waals surface area contributed by atoms with Crippen molar-refractivity contribution in [3.63, 3.8) is 0 Å². The van der Waals surface area contributed by atoms with Crippen LogP contribution in [0.5, 0.6) is 0 Å². The number of methoxy groups -OCH3 is 1. The molecule has 2 aromatic rings. The van der Waals surface area contributed by atoms with Gasteiger partial charge in [-0.05, 0) is 79.8 Å². The van der Waals surface area contributed by atoms with Crippen LogP contribution in [0, 0.1) is 0 Å². The van der Waals surface area contributed by atoms with Gasteiger partial charge in [0.2, 0.25) is 17.7 Å². The summed E-state index contributed by atoms with van der Waals surface area (Å²) in [6.07, 6.45) is 8.23. The van der Waals surface area contributed by atoms with Gasteiger partial charge in [0.05, 0.1) is 19.7 Å². The van der Waals surface area contributed by atoms with Crippen LogP contribution in [0.3, 0.4) is 0 Å². The highest BCUT2D eigenvalue weighted by Gasteiger charge is 2.44. The van der Waals surface area contributed by atoms with E-state index in [0.29, 0.717) is 54.2 Å². The van der Waals surface area contributed by atoms with Crippen LogP contribution in [0.2, 0.25) is 0 Å². The Morgan fingerprint density at radius 2 is 1.67 bits per heavy atom. The number of halogens is 2. The Morgan fingerprint density at radius 3 is 2.32 bits per heavy atom. The molecule has 1 saturated heterocycles. The molecular weight excluding hydrogens is 791 g/mol. The Labute approximate surface area is 359 Å². The summed E-state index contributed by atoms with van der Waals surface area (Å²) in [6.45, 7) is 20.6. The molecule has 2 aromatic carbocycles. The number of likely N-dealkylation sites (tertiary alicyclic amines) is 1. The van der Waals surface area contributed by atoms with E-state index in [9.17, 15) is 23.2 Å². The number of fused-ring (bicyclic) bond motifs is 3.